The molecule has 0 amide bonds. The van der Waals surface area contributed by atoms with Crippen LogP contribution in [0.2, 0.25) is 0 Å². The second kappa shape index (κ2) is 11.2. The molecule has 1 aliphatic heterocycles. The summed E-state index contributed by atoms with van der Waals surface area (Å²) in [5.41, 5.74) is 7.29. The number of nitrogens with zero attached hydrogens (tertiary/aromatic N) is 2. The predicted octanol–water partition coefficient (Wildman–Crippen LogP) is 3.80. The molecule has 0 spiro atoms. The van der Waals surface area contributed by atoms with Crippen LogP contribution in [0.25, 0.3) is 10.9 Å². The van der Waals surface area contributed by atoms with E-state index in [1.165, 1.54) is 0 Å². The summed E-state index contributed by atoms with van der Waals surface area (Å²) < 4.78 is 5.36. The molecule has 1 aromatic carbocycles. The van der Waals surface area contributed by atoms with Gasteiger partial charge in [0.05, 0.1) is 35.6 Å². The minimum Gasteiger partial charge on any atom is -0.497 e. The van der Waals surface area contributed by atoms with E-state index in [0.29, 0.717) is 56.6 Å². The van der Waals surface area contributed by atoms with Crippen molar-refractivity contribution in [3.8, 4) is 17.6 Å². The lowest BCUT2D eigenvalue weighted by molar-refractivity contribution is -0.153. The van der Waals surface area contributed by atoms with Crippen LogP contribution in [0.4, 0.5) is 0 Å². The van der Waals surface area contributed by atoms with Gasteiger partial charge in [-0.05, 0) is 66.5 Å². The maximum Gasteiger partial charge on any atom is 0.309 e. The van der Waals surface area contributed by atoms with Gasteiger partial charge in [0.25, 0.3) is 0 Å². The van der Waals surface area contributed by atoms with Crippen molar-refractivity contribution in [1.29, 1.82) is 0 Å². The Kier molecular flexibility index (Phi) is 8.04. The first kappa shape index (κ1) is 25.1. The van der Waals surface area contributed by atoms with Gasteiger partial charge in [-0.2, -0.15) is 0 Å². The monoisotopic (exact) mass is 493 g/mol. The van der Waals surface area contributed by atoms with E-state index < -0.39 is 17.5 Å². The Morgan fingerprint density at radius 3 is 2.80 bits per heavy atom. The number of ether oxygens (including phenoxy) is 1. The van der Waals surface area contributed by atoms with Crippen LogP contribution in [-0.2, 0) is 11.3 Å². The number of aliphatic carboxylic acids is 1. The lowest BCUT2D eigenvalue weighted by atomic mass is 9.74. The molecule has 0 bridgehead atoms. The van der Waals surface area contributed by atoms with Crippen molar-refractivity contribution in [1.82, 2.24) is 9.88 Å². The molecule has 1 aliphatic rings. The van der Waals surface area contributed by atoms with Crippen LogP contribution in [-0.4, -0.2) is 52.8 Å². The van der Waals surface area contributed by atoms with E-state index in [-0.39, 0.29) is 6.54 Å². The van der Waals surface area contributed by atoms with Crippen molar-refractivity contribution in [2.75, 3.05) is 26.7 Å². The number of piperidine rings is 1. The van der Waals surface area contributed by atoms with Crippen molar-refractivity contribution < 1.29 is 19.7 Å². The average Bonchev–Trinajstić information content (AvgIpc) is 3.40. The summed E-state index contributed by atoms with van der Waals surface area (Å²) >= 11 is 1.61. The Morgan fingerprint density at radius 1 is 1.34 bits per heavy atom. The number of aliphatic hydroxyl groups is 1. The number of hydrogen-bond acceptors (Lipinski definition) is 7. The first-order chi connectivity index (χ1) is 17.0. The maximum atomic E-state index is 12.3. The van der Waals surface area contributed by atoms with E-state index in [9.17, 15) is 15.0 Å². The molecule has 0 aliphatic carbocycles. The number of aromatic nitrogens is 1. The Balaban J connectivity index is 1.46. The summed E-state index contributed by atoms with van der Waals surface area (Å²) in [5.74, 6) is 6.22. The van der Waals surface area contributed by atoms with Gasteiger partial charge in [0.2, 0.25) is 0 Å². The molecule has 7 nitrogen and oxygen atoms in total. The third-order valence-electron chi connectivity index (χ3n) is 6.95. The number of aliphatic hydroxyl groups excluding tert-OH is 1. The van der Waals surface area contributed by atoms with Gasteiger partial charge >= 0.3 is 5.97 Å². The summed E-state index contributed by atoms with van der Waals surface area (Å²) in [6.45, 7) is 2.20. The van der Waals surface area contributed by atoms with Gasteiger partial charge in [0.1, 0.15) is 5.75 Å². The van der Waals surface area contributed by atoms with Crippen molar-refractivity contribution >= 4 is 28.2 Å². The molecule has 184 valence electrons. The second-order valence-electron chi connectivity index (χ2n) is 8.98. The van der Waals surface area contributed by atoms with E-state index in [2.05, 4.69) is 21.7 Å². The molecule has 0 unspecified atom stereocenters. The van der Waals surface area contributed by atoms with Crippen LogP contribution in [0.5, 0.6) is 5.75 Å². The third-order valence-corrected chi connectivity index (χ3v) is 7.74. The van der Waals surface area contributed by atoms with Gasteiger partial charge in [0, 0.05) is 31.2 Å². The molecule has 4 rings (SSSR count). The first-order valence-corrected chi connectivity index (χ1v) is 12.7. The number of methoxy groups -OCH3 is 1. The highest BCUT2D eigenvalue weighted by atomic mass is 32.1. The third kappa shape index (κ3) is 5.65. The van der Waals surface area contributed by atoms with Crippen LogP contribution < -0.4 is 10.5 Å². The highest BCUT2D eigenvalue weighted by Gasteiger charge is 2.41. The number of carboxylic acid groups (broad SMARTS) is 1. The van der Waals surface area contributed by atoms with Gasteiger partial charge in [-0.1, -0.05) is 17.9 Å². The summed E-state index contributed by atoms with van der Waals surface area (Å²) in [4.78, 5) is 20.0. The number of thiophene rings is 1. The van der Waals surface area contributed by atoms with Gasteiger partial charge in [-0.25, -0.2) is 0 Å². The minimum absolute atomic E-state index is 0.234. The molecule has 3 heterocycles. The molecule has 4 N–H and O–H groups in total. The fourth-order valence-electron chi connectivity index (χ4n) is 4.77. The number of nitrogens with two attached hydrogens (primary N) is 1. The van der Waals surface area contributed by atoms with E-state index >= 15 is 0 Å². The summed E-state index contributed by atoms with van der Waals surface area (Å²) in [6.07, 6.45) is 2.62. The summed E-state index contributed by atoms with van der Waals surface area (Å²) in [6, 6.07) is 9.49. The molecule has 1 saturated heterocycles. The molecule has 8 heteroatoms. The Labute approximate surface area is 209 Å². The van der Waals surface area contributed by atoms with E-state index in [1.807, 2.05) is 35.7 Å². The molecule has 2 aromatic heterocycles. The summed E-state index contributed by atoms with van der Waals surface area (Å²) in [5, 5.41) is 24.1. The highest BCUT2D eigenvalue weighted by molar-refractivity contribution is 7.10. The van der Waals surface area contributed by atoms with Crippen LogP contribution in [0.1, 0.15) is 47.8 Å². The molecular formula is C27H31N3O4S. The molecule has 35 heavy (non-hydrogen) atoms. The average molecular weight is 494 g/mol. The molecule has 0 radical (unpaired) electrons. The van der Waals surface area contributed by atoms with Crippen LogP contribution in [0.3, 0.4) is 0 Å². The predicted molar refractivity (Wildman–Crippen MR) is 137 cm³/mol. The number of pyridine rings is 1. The minimum atomic E-state index is -0.859. The Bertz CT molecular complexity index is 1220. The van der Waals surface area contributed by atoms with Crippen LogP contribution in [0, 0.1) is 17.3 Å². The molecule has 3 aromatic rings. The SMILES string of the molecule is COc1ccc2ncc(CN)c([C@@H](O)CCC3(C(=O)O)CCN(CC#Cc4cccs4)CC3)c2c1. The first-order valence-electron chi connectivity index (χ1n) is 11.8. The van der Waals surface area contributed by atoms with Crippen molar-refractivity contribution in [3.63, 3.8) is 0 Å². The number of fused-ring (bicyclic) bond motifs is 1. The number of hydrogen-bond donors (Lipinski definition) is 3. The fraction of sp³-hybridized carbons (Fsp3) is 0.407. The summed E-state index contributed by atoms with van der Waals surface area (Å²) in [7, 11) is 1.59. The number of carbonyl (C=O) groups is 1. The molecule has 0 saturated carbocycles. The Morgan fingerprint density at radius 2 is 2.14 bits per heavy atom. The topological polar surface area (TPSA) is 109 Å². The van der Waals surface area contributed by atoms with Crippen LogP contribution >= 0.6 is 11.3 Å². The molecule has 1 atom stereocenters. The zero-order valence-corrected chi connectivity index (χ0v) is 20.7. The van der Waals surface area contributed by atoms with E-state index in [4.69, 9.17) is 10.5 Å². The van der Waals surface area contributed by atoms with Gasteiger partial charge in [-0.3, -0.25) is 14.7 Å². The highest BCUT2D eigenvalue weighted by Crippen LogP contribution is 2.40. The zero-order chi connectivity index (χ0) is 24.8. The van der Waals surface area contributed by atoms with E-state index in [0.717, 1.165) is 21.3 Å². The lowest BCUT2D eigenvalue weighted by Crippen LogP contribution is -2.44. The smallest absolute Gasteiger partial charge is 0.309 e. The number of carboxylic acids is 1. The normalized spacial score (nSPS) is 16.4. The molecular weight excluding hydrogens is 462 g/mol. The standard InChI is InChI=1S/C27H31N3O4S/c1-34-20-6-7-23-22(16-20)25(19(17-28)18-29-23)24(31)8-9-27(26(32)33)10-13-30(14-11-27)12-2-4-21-5-3-15-35-21/h3,5-7,15-16,18,24,31H,8-14,17,28H2,1H3,(H,32,33)/t24-/m0/s1. The maximum absolute atomic E-state index is 12.3. The van der Waals surface area contributed by atoms with Crippen molar-refractivity contribution in [2.45, 2.75) is 38.3 Å². The second-order valence-corrected chi connectivity index (χ2v) is 9.93. The van der Waals surface area contributed by atoms with Crippen molar-refractivity contribution in [2.24, 2.45) is 11.1 Å². The van der Waals surface area contributed by atoms with Gasteiger partial charge in [0.15, 0.2) is 0 Å². The lowest BCUT2D eigenvalue weighted by Gasteiger charge is -2.38. The molecule has 1 fully saturated rings. The quantitative estimate of drug-likeness (QED) is 0.410. The van der Waals surface area contributed by atoms with Gasteiger partial charge < -0.3 is 20.7 Å². The Hall–Kier alpha value is -2.96. The largest absolute Gasteiger partial charge is 0.497 e. The number of rotatable bonds is 8. The number of likely N-dealkylation sites (tertiary alicyclic amines) is 1. The van der Waals surface area contributed by atoms with Crippen molar-refractivity contribution in [3.05, 3.63) is 57.9 Å². The zero-order valence-electron chi connectivity index (χ0n) is 19.9. The van der Waals surface area contributed by atoms with E-state index in [1.54, 1.807) is 24.6 Å². The van der Waals surface area contributed by atoms with Gasteiger partial charge in [-0.15, -0.1) is 11.3 Å². The number of benzene rings is 1. The fourth-order valence-corrected chi connectivity index (χ4v) is 5.36. The van der Waals surface area contributed by atoms with Crippen LogP contribution in [0.15, 0.2) is 41.9 Å².